The monoisotopic (exact) mass is 464 g/mol. The number of aromatic nitrogens is 1. The van der Waals surface area contributed by atoms with Crippen LogP contribution in [-0.2, 0) is 9.47 Å². The highest BCUT2D eigenvalue weighted by Gasteiger charge is 2.27. The molecule has 2 aliphatic rings. The molecular formula is C26H32N4O4. The van der Waals surface area contributed by atoms with Crippen molar-refractivity contribution in [1.29, 1.82) is 0 Å². The Bertz CT molecular complexity index is 1160. The molecule has 1 saturated carbocycles. The van der Waals surface area contributed by atoms with Crippen molar-refractivity contribution in [3.8, 4) is 17.0 Å². The number of nitrogen functional groups attached to an aromatic ring is 1. The minimum absolute atomic E-state index is 0.0436. The molecule has 5 rings (SSSR count). The second-order valence-electron chi connectivity index (χ2n) is 9.31. The van der Waals surface area contributed by atoms with E-state index in [1.807, 2.05) is 50.2 Å². The average Bonchev–Trinajstić information content (AvgIpc) is 3.38. The average molecular weight is 465 g/mol. The van der Waals surface area contributed by atoms with Gasteiger partial charge in [0, 0.05) is 28.7 Å². The molecule has 8 heteroatoms. The molecule has 0 spiro atoms. The van der Waals surface area contributed by atoms with Crippen molar-refractivity contribution in [2.24, 2.45) is 0 Å². The van der Waals surface area contributed by atoms with Gasteiger partial charge in [-0.05, 0) is 63.4 Å². The molecule has 1 atom stereocenters. The lowest BCUT2D eigenvalue weighted by Crippen LogP contribution is -2.34. The van der Waals surface area contributed by atoms with Crippen LogP contribution in [0.5, 0.6) is 5.75 Å². The van der Waals surface area contributed by atoms with E-state index in [2.05, 4.69) is 21.3 Å². The zero-order valence-electron chi connectivity index (χ0n) is 19.7. The highest BCUT2D eigenvalue weighted by molar-refractivity contribution is 6.02. The quantitative estimate of drug-likeness (QED) is 0.462. The normalized spacial score (nSPS) is 18.3. The lowest BCUT2D eigenvalue weighted by Gasteiger charge is -2.30. The lowest BCUT2D eigenvalue weighted by molar-refractivity contribution is 0.0321. The van der Waals surface area contributed by atoms with Crippen LogP contribution in [-0.4, -0.2) is 42.8 Å². The molecule has 0 radical (unpaired) electrons. The molecular weight excluding hydrogens is 432 g/mol. The van der Waals surface area contributed by atoms with Crippen molar-refractivity contribution in [2.45, 2.75) is 51.3 Å². The number of nitrogens with zero attached hydrogens (tertiary/aromatic N) is 1. The molecule has 2 aromatic carbocycles. The van der Waals surface area contributed by atoms with Crippen LogP contribution >= 0.6 is 0 Å². The van der Waals surface area contributed by atoms with Gasteiger partial charge in [0.1, 0.15) is 25.3 Å². The Kier molecular flexibility index (Phi) is 6.34. The molecule has 3 aromatic rings. The summed E-state index contributed by atoms with van der Waals surface area (Å²) in [6.07, 6.45) is 3.46. The maximum atomic E-state index is 12.0. The van der Waals surface area contributed by atoms with Gasteiger partial charge in [-0.15, -0.1) is 0 Å². The van der Waals surface area contributed by atoms with E-state index in [0.29, 0.717) is 26.0 Å². The molecule has 1 unspecified atom stereocenters. The Labute approximate surface area is 199 Å². The number of nitrogens with two attached hydrogens (primary N) is 1. The zero-order valence-corrected chi connectivity index (χ0v) is 19.7. The van der Waals surface area contributed by atoms with E-state index < -0.39 is 0 Å². The van der Waals surface area contributed by atoms with E-state index in [9.17, 15) is 4.79 Å². The second-order valence-corrected chi connectivity index (χ2v) is 9.31. The molecule has 2 heterocycles. The number of carbonyl (C=O) groups is 1. The van der Waals surface area contributed by atoms with Crippen LogP contribution in [0.15, 0.2) is 42.5 Å². The first-order valence-corrected chi connectivity index (χ1v) is 11.9. The van der Waals surface area contributed by atoms with Crippen LogP contribution < -0.4 is 21.1 Å². The van der Waals surface area contributed by atoms with E-state index >= 15 is 0 Å². The molecule has 4 N–H and O–H groups in total. The van der Waals surface area contributed by atoms with Crippen LogP contribution in [0.1, 0.15) is 39.2 Å². The van der Waals surface area contributed by atoms with Gasteiger partial charge in [0.15, 0.2) is 0 Å². The van der Waals surface area contributed by atoms with E-state index in [1.165, 1.54) is 6.42 Å². The van der Waals surface area contributed by atoms with Crippen molar-refractivity contribution in [2.75, 3.05) is 31.1 Å². The smallest absolute Gasteiger partial charge is 0.319 e. The Morgan fingerprint density at radius 1 is 1.21 bits per heavy atom. The van der Waals surface area contributed by atoms with Crippen LogP contribution in [0.3, 0.4) is 0 Å². The van der Waals surface area contributed by atoms with Gasteiger partial charge in [-0.3, -0.25) is 0 Å². The predicted octanol–water partition coefficient (Wildman–Crippen LogP) is 4.90. The number of hydrogen-bond donors (Lipinski definition) is 3. The van der Waals surface area contributed by atoms with Crippen molar-refractivity contribution in [3.63, 3.8) is 0 Å². The highest BCUT2D eigenvalue weighted by Crippen LogP contribution is 2.44. The summed E-state index contributed by atoms with van der Waals surface area (Å²) in [5.41, 5.74) is 11.4. The number of carbonyl (C=O) groups excluding carboxylic acids is 1. The number of rotatable bonds is 7. The van der Waals surface area contributed by atoms with Gasteiger partial charge in [0.2, 0.25) is 0 Å². The SMILES string of the molecule is CC(C)NC(=O)Nc1ccc(-c2c(N)c3cc(OCC4COCO4)ccc3n2C2CCC2)cc1. The maximum absolute atomic E-state index is 12.0. The van der Waals surface area contributed by atoms with E-state index in [-0.39, 0.29) is 18.2 Å². The molecule has 34 heavy (non-hydrogen) atoms. The summed E-state index contributed by atoms with van der Waals surface area (Å²) in [5.74, 6) is 0.766. The fourth-order valence-electron chi connectivity index (χ4n) is 4.53. The van der Waals surface area contributed by atoms with Crippen molar-refractivity contribution >= 4 is 28.3 Å². The minimum atomic E-state index is -0.215. The minimum Gasteiger partial charge on any atom is -0.491 e. The third-order valence-corrected chi connectivity index (χ3v) is 6.42. The summed E-state index contributed by atoms with van der Waals surface area (Å²) < 4.78 is 19.1. The number of anilines is 2. The first-order valence-electron chi connectivity index (χ1n) is 11.9. The molecule has 2 amide bonds. The molecule has 1 saturated heterocycles. The van der Waals surface area contributed by atoms with Gasteiger partial charge < -0.3 is 35.1 Å². The summed E-state index contributed by atoms with van der Waals surface area (Å²) in [4.78, 5) is 12.0. The molecule has 0 bridgehead atoms. The van der Waals surface area contributed by atoms with Gasteiger partial charge in [0.25, 0.3) is 0 Å². The van der Waals surface area contributed by atoms with Gasteiger partial charge in [-0.2, -0.15) is 0 Å². The predicted molar refractivity (Wildman–Crippen MR) is 133 cm³/mol. The largest absolute Gasteiger partial charge is 0.491 e. The summed E-state index contributed by atoms with van der Waals surface area (Å²) in [7, 11) is 0. The fraction of sp³-hybridized carbons (Fsp3) is 0.423. The van der Waals surface area contributed by atoms with Gasteiger partial charge >= 0.3 is 6.03 Å². The van der Waals surface area contributed by atoms with Crippen LogP contribution in [0.25, 0.3) is 22.2 Å². The van der Waals surface area contributed by atoms with E-state index in [1.54, 1.807) is 0 Å². The van der Waals surface area contributed by atoms with Crippen LogP contribution in [0, 0.1) is 0 Å². The standard InChI is InChI=1S/C26H32N4O4/c1-16(2)28-26(31)29-18-8-6-17(7-9-18)25-24(27)22-12-20(33-14-21-13-32-15-34-21)10-11-23(22)30(25)19-4-3-5-19/h6-12,16,19,21H,3-5,13-15,27H2,1-2H3,(H2,28,29,31). The number of fused-ring (bicyclic) bond motifs is 1. The Morgan fingerprint density at radius 3 is 2.65 bits per heavy atom. The first-order chi connectivity index (χ1) is 16.5. The van der Waals surface area contributed by atoms with Gasteiger partial charge in [-0.1, -0.05) is 12.1 Å². The fourth-order valence-corrected chi connectivity index (χ4v) is 4.53. The summed E-state index contributed by atoms with van der Waals surface area (Å²) in [6, 6.07) is 14.3. The molecule has 1 aliphatic carbocycles. The van der Waals surface area contributed by atoms with Crippen LogP contribution in [0.4, 0.5) is 16.2 Å². The number of urea groups is 1. The zero-order chi connectivity index (χ0) is 23.7. The summed E-state index contributed by atoms with van der Waals surface area (Å²) >= 11 is 0. The Balaban J connectivity index is 1.44. The molecule has 8 nitrogen and oxygen atoms in total. The molecule has 180 valence electrons. The lowest BCUT2D eigenvalue weighted by atomic mass is 9.92. The van der Waals surface area contributed by atoms with Gasteiger partial charge in [0.05, 0.1) is 23.5 Å². The van der Waals surface area contributed by atoms with Gasteiger partial charge in [-0.25, -0.2) is 4.79 Å². The molecule has 2 fully saturated rings. The third-order valence-electron chi connectivity index (χ3n) is 6.42. The Hall–Kier alpha value is -3.23. The summed E-state index contributed by atoms with van der Waals surface area (Å²) in [5, 5.41) is 6.70. The van der Waals surface area contributed by atoms with E-state index in [0.717, 1.165) is 52.1 Å². The highest BCUT2D eigenvalue weighted by atomic mass is 16.7. The van der Waals surface area contributed by atoms with Crippen molar-refractivity contribution < 1.29 is 19.0 Å². The summed E-state index contributed by atoms with van der Waals surface area (Å²) in [6.45, 7) is 5.18. The molecule has 1 aliphatic heterocycles. The Morgan fingerprint density at radius 2 is 2.00 bits per heavy atom. The number of benzene rings is 2. The second kappa shape index (κ2) is 9.56. The number of amides is 2. The first kappa shape index (κ1) is 22.6. The third kappa shape index (κ3) is 4.56. The van der Waals surface area contributed by atoms with Crippen molar-refractivity contribution in [3.05, 3.63) is 42.5 Å². The van der Waals surface area contributed by atoms with Crippen LogP contribution in [0.2, 0.25) is 0 Å². The molecule has 1 aromatic heterocycles. The number of nitrogens with one attached hydrogen (secondary N) is 2. The number of hydrogen-bond acceptors (Lipinski definition) is 5. The van der Waals surface area contributed by atoms with Crippen molar-refractivity contribution in [1.82, 2.24) is 9.88 Å². The maximum Gasteiger partial charge on any atom is 0.319 e. The topological polar surface area (TPSA) is 99.8 Å². The number of ether oxygens (including phenoxy) is 3. The van der Waals surface area contributed by atoms with E-state index in [4.69, 9.17) is 19.9 Å².